The van der Waals surface area contributed by atoms with Gasteiger partial charge in [0, 0.05) is 25.6 Å². The van der Waals surface area contributed by atoms with Crippen molar-refractivity contribution in [3.63, 3.8) is 0 Å². The average molecular weight is 378 g/mol. The molecule has 2 aliphatic rings. The van der Waals surface area contributed by atoms with Gasteiger partial charge in [0.05, 0.1) is 18.1 Å². The Balaban J connectivity index is 1.61. The molecular formula is C16H18N4O5S. The smallest absolute Gasteiger partial charge is 0.293 e. The van der Waals surface area contributed by atoms with Gasteiger partial charge < -0.3 is 15.0 Å². The largest absolute Gasteiger partial charge is 0.378 e. The van der Waals surface area contributed by atoms with Crippen molar-refractivity contribution in [1.82, 2.24) is 4.90 Å². The van der Waals surface area contributed by atoms with Crippen LogP contribution in [0.3, 0.4) is 0 Å². The first-order valence-electron chi connectivity index (χ1n) is 8.11. The van der Waals surface area contributed by atoms with E-state index in [0.29, 0.717) is 31.5 Å². The fourth-order valence-electron chi connectivity index (χ4n) is 2.67. The zero-order valence-electron chi connectivity index (χ0n) is 14.1. The van der Waals surface area contributed by atoms with E-state index in [2.05, 4.69) is 10.3 Å². The van der Waals surface area contributed by atoms with E-state index in [4.69, 9.17) is 4.74 Å². The summed E-state index contributed by atoms with van der Waals surface area (Å²) in [7, 11) is 0. The first-order chi connectivity index (χ1) is 12.4. The van der Waals surface area contributed by atoms with Crippen molar-refractivity contribution in [3.8, 4) is 0 Å². The quantitative estimate of drug-likeness (QED) is 0.624. The number of carbonyl (C=O) groups excluding carboxylic acids is 2. The number of hydrogen-bond acceptors (Lipinski definition) is 7. The normalized spacial score (nSPS) is 20.0. The maximum atomic E-state index is 12.3. The topological polar surface area (TPSA) is 114 Å². The number of ether oxygens (including phenoxy) is 1. The number of amides is 2. The molecule has 3 rings (SSSR count). The summed E-state index contributed by atoms with van der Waals surface area (Å²) >= 11 is 1.25. The Morgan fingerprint density at radius 3 is 2.88 bits per heavy atom. The Kier molecular flexibility index (Phi) is 5.52. The second-order valence-electron chi connectivity index (χ2n) is 5.97. The second-order valence-corrected chi connectivity index (χ2v) is 7.14. The maximum absolute atomic E-state index is 12.3. The van der Waals surface area contributed by atoms with Crippen molar-refractivity contribution in [2.45, 2.75) is 18.6 Å². The van der Waals surface area contributed by atoms with Crippen molar-refractivity contribution in [3.05, 3.63) is 33.9 Å². The molecule has 1 fully saturated rings. The Labute approximate surface area is 153 Å². The molecule has 0 radical (unpaired) electrons. The van der Waals surface area contributed by atoms with Gasteiger partial charge in [-0.25, -0.2) is 0 Å². The number of amidine groups is 1. The standard InChI is InChI=1S/C16H18N4O5S/c1-10-2-3-11(12(8-10)20(23)24)17-14(21)9-13-15(22)18-16(26-13)19-4-6-25-7-5-19/h2-3,8,13H,4-7,9H2,1H3,(H,17,21). The molecule has 1 saturated heterocycles. The van der Waals surface area contributed by atoms with Crippen LogP contribution in [0.25, 0.3) is 0 Å². The molecule has 1 unspecified atom stereocenters. The van der Waals surface area contributed by atoms with E-state index in [1.165, 1.54) is 23.9 Å². The summed E-state index contributed by atoms with van der Waals surface area (Å²) < 4.78 is 5.27. The summed E-state index contributed by atoms with van der Waals surface area (Å²) in [4.78, 5) is 40.9. The number of benzene rings is 1. The van der Waals surface area contributed by atoms with E-state index in [1.54, 1.807) is 13.0 Å². The van der Waals surface area contributed by atoms with Gasteiger partial charge in [0.25, 0.3) is 11.6 Å². The lowest BCUT2D eigenvalue weighted by molar-refractivity contribution is -0.384. The predicted octanol–water partition coefficient (Wildman–Crippen LogP) is 1.56. The SMILES string of the molecule is Cc1ccc(NC(=O)CC2SC(N3CCOCC3)=NC2=O)c([N+](=O)[O-])c1. The minimum Gasteiger partial charge on any atom is -0.378 e. The number of rotatable bonds is 4. The Hall–Kier alpha value is -2.46. The number of hydrogen-bond donors (Lipinski definition) is 1. The van der Waals surface area contributed by atoms with Gasteiger partial charge in [-0.1, -0.05) is 17.8 Å². The minimum absolute atomic E-state index is 0.0914. The summed E-state index contributed by atoms with van der Waals surface area (Å²) in [6, 6.07) is 4.56. The molecule has 0 spiro atoms. The zero-order chi connectivity index (χ0) is 18.7. The van der Waals surface area contributed by atoms with Crippen molar-refractivity contribution in [2.75, 3.05) is 31.6 Å². The molecular weight excluding hydrogens is 360 g/mol. The highest BCUT2D eigenvalue weighted by Gasteiger charge is 2.33. The fourth-order valence-corrected chi connectivity index (χ4v) is 3.78. The number of carbonyl (C=O) groups is 2. The molecule has 138 valence electrons. The molecule has 26 heavy (non-hydrogen) atoms. The molecule has 2 amide bonds. The summed E-state index contributed by atoms with van der Waals surface area (Å²) in [5, 5.41) is 13.7. The summed E-state index contributed by atoms with van der Waals surface area (Å²) in [6.45, 7) is 4.21. The third kappa shape index (κ3) is 4.20. The molecule has 0 aromatic heterocycles. The molecule has 1 atom stereocenters. The van der Waals surface area contributed by atoms with Crippen molar-refractivity contribution < 1.29 is 19.2 Å². The van der Waals surface area contributed by atoms with E-state index >= 15 is 0 Å². The number of nitro groups is 1. The predicted molar refractivity (Wildman–Crippen MR) is 97.3 cm³/mol. The highest BCUT2D eigenvalue weighted by Crippen LogP contribution is 2.29. The molecule has 0 saturated carbocycles. The molecule has 2 heterocycles. The fraction of sp³-hybridized carbons (Fsp3) is 0.438. The van der Waals surface area contributed by atoms with Crippen LogP contribution in [0.2, 0.25) is 0 Å². The first kappa shape index (κ1) is 18.3. The molecule has 1 N–H and O–H groups in total. The first-order valence-corrected chi connectivity index (χ1v) is 8.99. The number of thioether (sulfide) groups is 1. The number of aliphatic imine (C=N–C) groups is 1. The van der Waals surface area contributed by atoms with Gasteiger partial charge in [0.1, 0.15) is 10.9 Å². The Morgan fingerprint density at radius 2 is 2.19 bits per heavy atom. The third-order valence-electron chi connectivity index (χ3n) is 4.01. The minimum atomic E-state index is -0.614. The number of nitrogens with one attached hydrogen (secondary N) is 1. The number of morpholine rings is 1. The number of aryl methyl sites for hydroxylation is 1. The Bertz CT molecular complexity index is 776. The summed E-state index contributed by atoms with van der Waals surface area (Å²) in [6.07, 6.45) is -0.0914. The van der Waals surface area contributed by atoms with Crippen LogP contribution < -0.4 is 5.32 Å². The molecule has 9 nitrogen and oxygen atoms in total. The van der Waals surface area contributed by atoms with Gasteiger partial charge in [-0.3, -0.25) is 19.7 Å². The van der Waals surface area contributed by atoms with Gasteiger partial charge in [0.15, 0.2) is 5.17 Å². The van der Waals surface area contributed by atoms with Gasteiger partial charge in [-0.2, -0.15) is 4.99 Å². The van der Waals surface area contributed by atoms with E-state index in [0.717, 1.165) is 5.56 Å². The van der Waals surface area contributed by atoms with E-state index < -0.39 is 16.1 Å². The zero-order valence-corrected chi connectivity index (χ0v) is 15.0. The number of nitro benzene ring substituents is 1. The van der Waals surface area contributed by atoms with E-state index in [9.17, 15) is 19.7 Å². The van der Waals surface area contributed by atoms with Crippen LogP contribution in [0.1, 0.15) is 12.0 Å². The average Bonchev–Trinajstić information content (AvgIpc) is 2.97. The number of nitrogens with zero attached hydrogens (tertiary/aromatic N) is 3. The highest BCUT2D eigenvalue weighted by atomic mass is 32.2. The van der Waals surface area contributed by atoms with E-state index in [-0.39, 0.29) is 23.7 Å². The lowest BCUT2D eigenvalue weighted by Gasteiger charge is -2.27. The molecule has 1 aromatic rings. The lowest BCUT2D eigenvalue weighted by atomic mass is 10.2. The van der Waals surface area contributed by atoms with Crippen LogP contribution in [0.4, 0.5) is 11.4 Å². The van der Waals surface area contributed by atoms with Crippen molar-refractivity contribution in [1.29, 1.82) is 0 Å². The van der Waals surface area contributed by atoms with Crippen LogP contribution in [-0.2, 0) is 14.3 Å². The molecule has 0 aliphatic carbocycles. The van der Waals surface area contributed by atoms with Gasteiger partial charge >= 0.3 is 0 Å². The number of anilines is 1. The molecule has 10 heteroatoms. The molecule has 0 bridgehead atoms. The molecule has 2 aliphatic heterocycles. The van der Waals surface area contributed by atoms with Crippen molar-refractivity contribution >= 4 is 40.1 Å². The second kappa shape index (κ2) is 7.83. The summed E-state index contributed by atoms with van der Waals surface area (Å²) in [5.41, 5.74) is 0.671. The maximum Gasteiger partial charge on any atom is 0.293 e. The molecule has 1 aromatic carbocycles. The van der Waals surface area contributed by atoms with Crippen LogP contribution in [-0.4, -0.2) is 58.4 Å². The lowest BCUT2D eigenvalue weighted by Crippen LogP contribution is -2.39. The van der Waals surface area contributed by atoms with Crippen LogP contribution in [0.15, 0.2) is 23.2 Å². The third-order valence-corrected chi connectivity index (χ3v) is 5.22. The Morgan fingerprint density at radius 1 is 1.46 bits per heavy atom. The van der Waals surface area contributed by atoms with Gasteiger partial charge in [-0.05, 0) is 18.6 Å². The monoisotopic (exact) mass is 378 g/mol. The van der Waals surface area contributed by atoms with Gasteiger partial charge in [-0.15, -0.1) is 0 Å². The van der Waals surface area contributed by atoms with Crippen LogP contribution in [0, 0.1) is 17.0 Å². The van der Waals surface area contributed by atoms with Crippen molar-refractivity contribution in [2.24, 2.45) is 4.99 Å². The van der Waals surface area contributed by atoms with E-state index in [1.807, 2.05) is 4.90 Å². The highest BCUT2D eigenvalue weighted by molar-refractivity contribution is 8.15. The van der Waals surface area contributed by atoms with Gasteiger partial charge in [0.2, 0.25) is 5.91 Å². The van der Waals surface area contributed by atoms with Crippen LogP contribution >= 0.6 is 11.8 Å². The van der Waals surface area contributed by atoms with Crippen LogP contribution in [0.5, 0.6) is 0 Å². The summed E-state index contributed by atoms with van der Waals surface area (Å²) in [5.74, 6) is -0.814.